The number of hydrogen-bond acceptors (Lipinski definition) is 5. The molecule has 1 aliphatic heterocycles. The minimum absolute atomic E-state index is 0.0160. The number of benzene rings is 2. The highest BCUT2D eigenvalue weighted by Gasteiger charge is 2.44. The summed E-state index contributed by atoms with van der Waals surface area (Å²) >= 11 is 13.9. The van der Waals surface area contributed by atoms with E-state index >= 15 is 0 Å². The number of ketones is 1. The first-order valence-electron chi connectivity index (χ1n) is 10.8. The second kappa shape index (κ2) is 9.41. The fourth-order valence-electron chi connectivity index (χ4n) is 4.44. The molecule has 35 heavy (non-hydrogen) atoms. The number of aliphatic hydroxyl groups excluding tert-OH is 1. The Bertz CT molecular complexity index is 1480. The monoisotopic (exact) mass is 526 g/mol. The summed E-state index contributed by atoms with van der Waals surface area (Å²) in [5.74, 6) is -0.843. The zero-order valence-electron chi connectivity index (χ0n) is 18.5. The van der Waals surface area contributed by atoms with Crippen molar-refractivity contribution in [1.82, 2.24) is 9.88 Å². The van der Waals surface area contributed by atoms with Crippen molar-refractivity contribution in [3.8, 4) is 5.75 Å². The molecule has 2 aromatic heterocycles. The Morgan fingerprint density at radius 2 is 2.03 bits per heavy atom. The van der Waals surface area contributed by atoms with Crippen LogP contribution >= 0.6 is 34.5 Å². The molecule has 0 unspecified atom stereocenters. The fourth-order valence-corrected chi connectivity index (χ4v) is 5.63. The van der Waals surface area contributed by atoms with Crippen LogP contribution in [0.3, 0.4) is 0 Å². The van der Waals surface area contributed by atoms with Crippen molar-refractivity contribution in [3.05, 3.63) is 97.5 Å². The Kier molecular flexibility index (Phi) is 6.32. The van der Waals surface area contributed by atoms with Crippen molar-refractivity contribution in [2.24, 2.45) is 0 Å². The molecule has 2 aromatic carbocycles. The third-order valence-electron chi connectivity index (χ3n) is 6.15. The number of Topliss-reactive ketones (excluding diaryl/α,β-unsaturated/α-hetero) is 1. The Balaban J connectivity index is 1.53. The summed E-state index contributed by atoms with van der Waals surface area (Å²) in [5, 5.41) is 14.3. The van der Waals surface area contributed by atoms with Crippen molar-refractivity contribution < 1.29 is 19.4 Å². The van der Waals surface area contributed by atoms with Crippen LogP contribution in [0.4, 0.5) is 0 Å². The second-order valence-electron chi connectivity index (χ2n) is 8.11. The molecule has 6 nitrogen and oxygen atoms in total. The van der Waals surface area contributed by atoms with Gasteiger partial charge in [-0.05, 0) is 59.3 Å². The summed E-state index contributed by atoms with van der Waals surface area (Å²) < 4.78 is 5.35. The van der Waals surface area contributed by atoms with Crippen molar-refractivity contribution in [2.75, 3.05) is 13.7 Å². The van der Waals surface area contributed by atoms with E-state index < -0.39 is 23.5 Å². The molecule has 3 heterocycles. The molecule has 0 spiro atoms. The summed E-state index contributed by atoms with van der Waals surface area (Å²) in [6.07, 6.45) is 2.37. The average Bonchev–Trinajstić information content (AvgIpc) is 3.57. The molecule has 0 aliphatic carbocycles. The molecule has 2 N–H and O–H groups in total. The highest BCUT2D eigenvalue weighted by molar-refractivity contribution is 7.12. The number of thiophene rings is 1. The fraction of sp³-hybridized carbons (Fsp3) is 0.154. The van der Waals surface area contributed by atoms with Gasteiger partial charge in [0.15, 0.2) is 5.76 Å². The first-order chi connectivity index (χ1) is 16.9. The molecular formula is C26H20Cl2N2O4S. The normalized spacial score (nSPS) is 15.9. The van der Waals surface area contributed by atoms with Crippen LogP contribution in [0.5, 0.6) is 5.75 Å². The number of carbonyl (C=O) groups is 2. The minimum atomic E-state index is -0.846. The third-order valence-corrected chi connectivity index (χ3v) is 7.58. The lowest BCUT2D eigenvalue weighted by Gasteiger charge is -2.27. The van der Waals surface area contributed by atoms with E-state index in [1.807, 2.05) is 24.4 Å². The first kappa shape index (κ1) is 23.5. The number of rotatable bonds is 7. The number of halogens is 2. The van der Waals surface area contributed by atoms with E-state index in [1.165, 1.54) is 16.2 Å². The van der Waals surface area contributed by atoms with Crippen LogP contribution in [-0.4, -0.2) is 40.3 Å². The van der Waals surface area contributed by atoms with Gasteiger partial charge in [-0.1, -0.05) is 35.3 Å². The Morgan fingerprint density at radius 3 is 2.74 bits per heavy atom. The molecule has 0 saturated heterocycles. The first-order valence-corrected chi connectivity index (χ1v) is 12.4. The minimum Gasteiger partial charge on any atom is -0.503 e. The highest BCUT2D eigenvalue weighted by Crippen LogP contribution is 2.42. The number of fused-ring (bicyclic) bond motifs is 1. The van der Waals surface area contributed by atoms with Gasteiger partial charge in [-0.15, -0.1) is 11.3 Å². The van der Waals surface area contributed by atoms with E-state index in [9.17, 15) is 14.7 Å². The van der Waals surface area contributed by atoms with E-state index in [0.29, 0.717) is 26.9 Å². The summed E-state index contributed by atoms with van der Waals surface area (Å²) in [5.41, 5.74) is 2.46. The number of aromatic amines is 1. The molecule has 0 radical (unpaired) electrons. The van der Waals surface area contributed by atoms with E-state index in [0.717, 1.165) is 22.2 Å². The van der Waals surface area contributed by atoms with Gasteiger partial charge in [0.1, 0.15) is 5.75 Å². The third kappa shape index (κ3) is 4.20. The van der Waals surface area contributed by atoms with Gasteiger partial charge < -0.3 is 19.7 Å². The van der Waals surface area contributed by atoms with Crippen LogP contribution in [0.1, 0.15) is 26.8 Å². The smallest absolute Gasteiger partial charge is 0.290 e. The predicted molar refractivity (Wildman–Crippen MR) is 138 cm³/mol. The Labute approximate surface area is 215 Å². The SMILES string of the molecule is COc1ccc2[nH]cc(CCN3C(=O)C(O)=C(C(=O)c4cccs4)[C@@H]3c3ccc(Cl)cc3Cl)c2c1. The van der Waals surface area contributed by atoms with Gasteiger partial charge in [0.05, 0.1) is 23.6 Å². The molecule has 178 valence electrons. The predicted octanol–water partition coefficient (Wildman–Crippen LogP) is 6.37. The molecule has 0 saturated carbocycles. The lowest BCUT2D eigenvalue weighted by atomic mass is 9.95. The van der Waals surface area contributed by atoms with Crippen molar-refractivity contribution in [2.45, 2.75) is 12.5 Å². The highest BCUT2D eigenvalue weighted by atomic mass is 35.5. The maximum Gasteiger partial charge on any atom is 0.290 e. The van der Waals surface area contributed by atoms with Crippen LogP contribution in [0.25, 0.3) is 10.9 Å². The van der Waals surface area contributed by atoms with Crippen molar-refractivity contribution in [3.63, 3.8) is 0 Å². The van der Waals surface area contributed by atoms with Gasteiger partial charge in [0.25, 0.3) is 5.91 Å². The summed E-state index contributed by atoms with van der Waals surface area (Å²) in [6.45, 7) is 0.248. The number of H-pyrrole nitrogens is 1. The number of aliphatic hydroxyl groups is 1. The van der Waals surface area contributed by atoms with Crippen LogP contribution in [0.2, 0.25) is 10.0 Å². The summed E-state index contributed by atoms with van der Waals surface area (Å²) in [6, 6.07) is 13.2. The molecule has 9 heteroatoms. The van der Waals surface area contributed by atoms with Crippen molar-refractivity contribution >= 4 is 57.1 Å². The molecule has 4 aromatic rings. The van der Waals surface area contributed by atoms with Crippen molar-refractivity contribution in [1.29, 1.82) is 0 Å². The maximum absolute atomic E-state index is 13.4. The number of carbonyl (C=O) groups excluding carboxylic acids is 2. The van der Waals surface area contributed by atoms with Gasteiger partial charge >= 0.3 is 0 Å². The molecular weight excluding hydrogens is 507 g/mol. The van der Waals surface area contributed by atoms with Gasteiger partial charge in [-0.2, -0.15) is 0 Å². The standard InChI is InChI=1S/C26H20Cl2N2O4S/c1-34-16-5-7-20-18(12-16)14(13-29-20)8-9-30-23(17-6-4-15(27)11-19(17)28)22(25(32)26(30)33)24(31)21-3-2-10-35-21/h2-7,10-13,23,29,32H,8-9H2,1H3/t23-/m0/s1. The Morgan fingerprint density at radius 1 is 1.20 bits per heavy atom. The van der Waals surface area contributed by atoms with Gasteiger partial charge in [0, 0.05) is 33.7 Å². The average molecular weight is 527 g/mol. The summed E-state index contributed by atoms with van der Waals surface area (Å²) in [4.78, 5) is 31.8. The lowest BCUT2D eigenvalue weighted by Crippen LogP contribution is -2.33. The van der Waals surface area contributed by atoms with Crippen LogP contribution in [-0.2, 0) is 11.2 Å². The van der Waals surface area contributed by atoms with Crippen LogP contribution < -0.4 is 4.74 Å². The zero-order chi connectivity index (χ0) is 24.7. The molecule has 1 aliphatic rings. The number of nitrogens with zero attached hydrogens (tertiary/aromatic N) is 1. The molecule has 1 atom stereocenters. The number of hydrogen-bond donors (Lipinski definition) is 2. The topological polar surface area (TPSA) is 82.6 Å². The quantitative estimate of drug-likeness (QED) is 0.274. The molecule has 5 rings (SSSR count). The van der Waals surface area contributed by atoms with Gasteiger partial charge in [0.2, 0.25) is 5.78 Å². The molecule has 0 bridgehead atoms. The number of methoxy groups -OCH3 is 1. The number of aromatic nitrogens is 1. The van der Waals surface area contributed by atoms with E-state index in [4.69, 9.17) is 27.9 Å². The van der Waals surface area contributed by atoms with Crippen LogP contribution in [0, 0.1) is 0 Å². The van der Waals surface area contributed by atoms with E-state index in [2.05, 4.69) is 4.98 Å². The van der Waals surface area contributed by atoms with Gasteiger partial charge in [-0.25, -0.2) is 0 Å². The zero-order valence-corrected chi connectivity index (χ0v) is 20.9. The van der Waals surface area contributed by atoms with Gasteiger partial charge in [-0.3, -0.25) is 9.59 Å². The Hall–Kier alpha value is -3.26. The number of ether oxygens (including phenoxy) is 1. The molecule has 1 amide bonds. The van der Waals surface area contributed by atoms with E-state index in [-0.39, 0.29) is 12.1 Å². The largest absolute Gasteiger partial charge is 0.503 e. The molecule has 0 fully saturated rings. The number of amides is 1. The van der Waals surface area contributed by atoms with Crippen LogP contribution in [0.15, 0.2) is 71.4 Å². The second-order valence-corrected chi connectivity index (χ2v) is 9.90. The maximum atomic E-state index is 13.4. The summed E-state index contributed by atoms with van der Waals surface area (Å²) in [7, 11) is 1.61. The number of nitrogens with one attached hydrogen (secondary N) is 1. The van der Waals surface area contributed by atoms with E-state index in [1.54, 1.807) is 42.8 Å². The lowest BCUT2D eigenvalue weighted by molar-refractivity contribution is -0.129.